The molecule has 0 bridgehead atoms. The Bertz CT molecular complexity index is 850. The normalized spacial score (nSPS) is 18.6. The summed E-state index contributed by atoms with van der Waals surface area (Å²) in [4.78, 5) is 2.55. The monoisotopic (exact) mass is 377 g/mol. The van der Waals surface area contributed by atoms with Crippen molar-refractivity contribution in [3.05, 3.63) is 82.7 Å². The Balaban J connectivity index is 0.00000182. The van der Waals surface area contributed by atoms with Crippen LogP contribution in [0.3, 0.4) is 0 Å². The molecule has 2 aromatic carbocycles. The van der Waals surface area contributed by atoms with E-state index in [-0.39, 0.29) is 18.3 Å². The van der Waals surface area contributed by atoms with Gasteiger partial charge in [0.25, 0.3) is 0 Å². The van der Waals surface area contributed by atoms with Gasteiger partial charge in [-0.15, -0.1) is 23.7 Å². The first kappa shape index (κ1) is 18.1. The van der Waals surface area contributed by atoms with Gasteiger partial charge in [0, 0.05) is 28.3 Å². The molecule has 1 fully saturated rings. The van der Waals surface area contributed by atoms with Gasteiger partial charge in [0.15, 0.2) is 11.6 Å². The van der Waals surface area contributed by atoms with Gasteiger partial charge < -0.3 is 5.32 Å². The van der Waals surface area contributed by atoms with Crippen LogP contribution in [0.15, 0.2) is 60.7 Å². The lowest BCUT2D eigenvalue weighted by molar-refractivity contribution is 0.507. The van der Waals surface area contributed by atoms with E-state index >= 15 is 0 Å². The van der Waals surface area contributed by atoms with Crippen LogP contribution in [-0.4, -0.2) is 6.04 Å². The van der Waals surface area contributed by atoms with Crippen molar-refractivity contribution in [1.82, 2.24) is 5.32 Å². The summed E-state index contributed by atoms with van der Waals surface area (Å²) in [6, 6.07) is 19.2. The minimum atomic E-state index is -0.782. The van der Waals surface area contributed by atoms with E-state index in [1.54, 1.807) is 17.4 Å². The molecular weight excluding hydrogens is 360 g/mol. The van der Waals surface area contributed by atoms with Crippen molar-refractivity contribution in [2.24, 2.45) is 0 Å². The molecular formula is C20H18ClF2NS. The van der Waals surface area contributed by atoms with Crippen LogP contribution >= 0.6 is 23.7 Å². The summed E-state index contributed by atoms with van der Waals surface area (Å²) in [6.45, 7) is 0.808. The molecule has 1 aromatic heterocycles. The van der Waals surface area contributed by atoms with E-state index in [9.17, 15) is 8.78 Å². The third kappa shape index (κ3) is 4.09. The Kier molecular flexibility index (Phi) is 5.52. The molecule has 0 radical (unpaired) electrons. The van der Waals surface area contributed by atoms with E-state index < -0.39 is 11.6 Å². The topological polar surface area (TPSA) is 12.0 Å². The molecule has 1 aliphatic rings. The molecule has 1 N–H and O–H groups in total. The Labute approximate surface area is 156 Å². The highest BCUT2D eigenvalue weighted by Gasteiger charge is 2.38. The van der Waals surface area contributed by atoms with Crippen molar-refractivity contribution in [1.29, 1.82) is 0 Å². The number of rotatable bonds is 5. The summed E-state index contributed by atoms with van der Waals surface area (Å²) in [6.07, 6.45) is 0.974. The van der Waals surface area contributed by atoms with Crippen LogP contribution in [0.2, 0.25) is 0 Å². The van der Waals surface area contributed by atoms with Crippen LogP contribution in [0, 0.1) is 11.6 Å². The van der Waals surface area contributed by atoms with Crippen LogP contribution < -0.4 is 5.32 Å². The van der Waals surface area contributed by atoms with Gasteiger partial charge in [-0.1, -0.05) is 36.4 Å². The first-order valence-electron chi connectivity index (χ1n) is 8.03. The van der Waals surface area contributed by atoms with Crippen LogP contribution in [0.5, 0.6) is 0 Å². The highest BCUT2D eigenvalue weighted by Crippen LogP contribution is 2.41. The zero-order valence-corrected chi connectivity index (χ0v) is 15.0. The van der Waals surface area contributed by atoms with Gasteiger partial charge >= 0.3 is 0 Å². The summed E-state index contributed by atoms with van der Waals surface area (Å²) in [5.74, 6) is -1.26. The Morgan fingerprint density at radius 3 is 2.52 bits per heavy atom. The molecule has 4 rings (SSSR count). The number of hydrogen-bond acceptors (Lipinski definition) is 2. The second kappa shape index (κ2) is 7.65. The van der Waals surface area contributed by atoms with E-state index in [1.165, 1.54) is 27.5 Å². The van der Waals surface area contributed by atoms with E-state index in [2.05, 4.69) is 29.6 Å². The lowest BCUT2D eigenvalue weighted by Gasteiger charge is -2.03. The molecule has 0 saturated heterocycles. The Morgan fingerprint density at radius 1 is 0.960 bits per heavy atom. The fourth-order valence-electron chi connectivity index (χ4n) is 2.99. The maximum atomic E-state index is 13.3. The standard InChI is InChI=1S/C20H17F2NS.ClH/c21-17-8-6-14(10-18(17)22)16-11-19(16)23-12-15-7-9-20(24-15)13-4-2-1-3-5-13;/h1-10,16,19,23H,11-12H2;1H/t16-,19+;/m0./s1. The quantitative estimate of drug-likeness (QED) is 0.596. The summed E-state index contributed by atoms with van der Waals surface area (Å²) < 4.78 is 26.3. The molecule has 25 heavy (non-hydrogen) atoms. The van der Waals surface area contributed by atoms with E-state index in [4.69, 9.17) is 0 Å². The molecule has 3 aromatic rings. The minimum absolute atomic E-state index is 0. The molecule has 1 saturated carbocycles. The van der Waals surface area contributed by atoms with Crippen molar-refractivity contribution in [2.45, 2.75) is 24.9 Å². The summed E-state index contributed by atoms with van der Waals surface area (Å²) in [7, 11) is 0. The van der Waals surface area contributed by atoms with Crippen LogP contribution in [0.1, 0.15) is 22.8 Å². The Morgan fingerprint density at radius 2 is 1.76 bits per heavy atom. The smallest absolute Gasteiger partial charge is 0.159 e. The number of hydrogen-bond donors (Lipinski definition) is 1. The third-order valence-corrected chi connectivity index (χ3v) is 5.55. The molecule has 1 nitrogen and oxygen atoms in total. The first-order chi connectivity index (χ1) is 11.7. The van der Waals surface area contributed by atoms with Crippen molar-refractivity contribution in [2.75, 3.05) is 0 Å². The molecule has 130 valence electrons. The SMILES string of the molecule is Cl.Fc1ccc([C@@H]2C[C@H]2NCc2ccc(-c3ccccc3)s2)cc1F. The van der Waals surface area contributed by atoms with Gasteiger partial charge in [-0.05, 0) is 41.8 Å². The highest BCUT2D eigenvalue weighted by molar-refractivity contribution is 7.15. The minimum Gasteiger partial charge on any atom is -0.308 e. The Hall–Kier alpha value is -1.75. The van der Waals surface area contributed by atoms with Crippen molar-refractivity contribution >= 4 is 23.7 Å². The number of nitrogens with one attached hydrogen (secondary N) is 1. The summed E-state index contributed by atoms with van der Waals surface area (Å²) >= 11 is 1.79. The fourth-order valence-corrected chi connectivity index (χ4v) is 3.96. The second-order valence-electron chi connectivity index (χ2n) is 6.14. The van der Waals surface area contributed by atoms with Crippen LogP contribution in [0.25, 0.3) is 10.4 Å². The largest absolute Gasteiger partial charge is 0.308 e. The maximum absolute atomic E-state index is 13.3. The molecule has 0 aliphatic heterocycles. The number of halogens is 3. The number of benzene rings is 2. The lowest BCUT2D eigenvalue weighted by atomic mass is 10.1. The second-order valence-corrected chi connectivity index (χ2v) is 7.30. The number of thiophene rings is 1. The van der Waals surface area contributed by atoms with E-state index in [0.717, 1.165) is 18.5 Å². The fraction of sp³-hybridized carbons (Fsp3) is 0.200. The molecule has 1 aliphatic carbocycles. The molecule has 5 heteroatoms. The van der Waals surface area contributed by atoms with Gasteiger partial charge in [-0.2, -0.15) is 0 Å². The molecule has 1 heterocycles. The van der Waals surface area contributed by atoms with Gasteiger partial charge in [-0.25, -0.2) is 8.78 Å². The zero-order valence-electron chi connectivity index (χ0n) is 13.4. The van der Waals surface area contributed by atoms with Crippen LogP contribution in [-0.2, 0) is 6.54 Å². The zero-order chi connectivity index (χ0) is 16.5. The van der Waals surface area contributed by atoms with Gasteiger partial charge in [0.2, 0.25) is 0 Å². The maximum Gasteiger partial charge on any atom is 0.159 e. The predicted molar refractivity (Wildman–Crippen MR) is 101 cm³/mol. The van der Waals surface area contributed by atoms with Gasteiger partial charge in [-0.3, -0.25) is 0 Å². The average Bonchev–Trinajstić information content (AvgIpc) is 3.23. The summed E-state index contributed by atoms with van der Waals surface area (Å²) in [5, 5.41) is 3.51. The lowest BCUT2D eigenvalue weighted by Crippen LogP contribution is -2.16. The molecule has 2 atom stereocenters. The highest BCUT2D eigenvalue weighted by atomic mass is 35.5. The van der Waals surface area contributed by atoms with Gasteiger partial charge in [0.1, 0.15) is 0 Å². The molecule has 0 unspecified atom stereocenters. The van der Waals surface area contributed by atoms with Crippen molar-refractivity contribution in [3.63, 3.8) is 0 Å². The summed E-state index contributed by atoms with van der Waals surface area (Å²) in [5.41, 5.74) is 2.11. The first-order valence-corrected chi connectivity index (χ1v) is 8.85. The van der Waals surface area contributed by atoms with E-state index in [1.807, 2.05) is 18.2 Å². The van der Waals surface area contributed by atoms with Gasteiger partial charge in [0.05, 0.1) is 0 Å². The molecule has 0 amide bonds. The third-order valence-electron chi connectivity index (χ3n) is 4.42. The predicted octanol–water partition coefficient (Wildman–Crippen LogP) is 5.76. The van der Waals surface area contributed by atoms with Crippen LogP contribution in [0.4, 0.5) is 8.78 Å². The van der Waals surface area contributed by atoms with E-state index in [0.29, 0.717) is 6.04 Å². The van der Waals surface area contributed by atoms with Crippen molar-refractivity contribution in [3.8, 4) is 10.4 Å². The molecule has 0 spiro atoms. The van der Waals surface area contributed by atoms with Crippen molar-refractivity contribution < 1.29 is 8.78 Å². The average molecular weight is 378 g/mol.